The Morgan fingerprint density at radius 2 is 0.652 bits per heavy atom. The summed E-state index contributed by atoms with van der Waals surface area (Å²) >= 11 is 0. The highest BCUT2D eigenvalue weighted by molar-refractivity contribution is 6.09. The van der Waals surface area contributed by atoms with E-state index in [0.717, 1.165) is 61.4 Å². The number of para-hydroxylation sites is 3. The molecule has 69 heavy (non-hydrogen) atoms. The van der Waals surface area contributed by atoms with Gasteiger partial charge < -0.3 is 13.9 Å². The second-order valence-corrected chi connectivity index (χ2v) is 17.7. The molecule has 0 aliphatic carbocycles. The molecule has 3 heteroatoms. The van der Waals surface area contributed by atoms with Crippen molar-refractivity contribution < 1.29 is 4.42 Å². The van der Waals surface area contributed by atoms with E-state index in [-0.39, 0.29) is 0 Å². The molecule has 0 saturated heterocycles. The summed E-state index contributed by atoms with van der Waals surface area (Å²) in [6.07, 6.45) is 0. The summed E-state index contributed by atoms with van der Waals surface area (Å²) < 4.78 is 8.69. The Bertz CT molecular complexity index is 3920. The molecule has 2 aromatic heterocycles. The van der Waals surface area contributed by atoms with Gasteiger partial charge in [-0.25, -0.2) is 0 Å². The minimum absolute atomic E-state index is 0.888. The van der Waals surface area contributed by atoms with Crippen LogP contribution in [0, 0.1) is 0 Å². The number of anilines is 3. The van der Waals surface area contributed by atoms with Crippen LogP contribution < -0.4 is 4.90 Å². The van der Waals surface area contributed by atoms with Crippen LogP contribution in [0.25, 0.3) is 105 Å². The zero-order chi connectivity index (χ0) is 45.7. The topological polar surface area (TPSA) is 21.3 Å². The molecular formula is C66H44N2O. The summed E-state index contributed by atoms with van der Waals surface area (Å²) in [7, 11) is 0. The van der Waals surface area contributed by atoms with Crippen LogP contribution in [-0.4, -0.2) is 4.57 Å². The van der Waals surface area contributed by atoms with Crippen molar-refractivity contribution in [2.75, 3.05) is 4.90 Å². The maximum absolute atomic E-state index is 6.32. The monoisotopic (exact) mass is 880 g/mol. The lowest BCUT2D eigenvalue weighted by Crippen LogP contribution is -2.10. The molecule has 0 spiro atoms. The van der Waals surface area contributed by atoms with E-state index in [1.54, 1.807) is 0 Å². The molecule has 0 fully saturated rings. The van der Waals surface area contributed by atoms with Crippen LogP contribution in [-0.2, 0) is 0 Å². The lowest BCUT2D eigenvalue weighted by Gasteiger charge is -2.26. The zero-order valence-electron chi connectivity index (χ0n) is 37.7. The van der Waals surface area contributed by atoms with Gasteiger partial charge in [0.05, 0.1) is 11.0 Å². The van der Waals surface area contributed by atoms with Gasteiger partial charge in [0, 0.05) is 44.3 Å². The number of fused-ring (bicyclic) bond motifs is 6. The SMILES string of the molecule is c1ccc(-c2ccc(-c3ccc(N(c4ccc(-c5cccc(-c6ccc(-n7c8ccccc8c8ccccc87)cc6)c5)cc4)c4cccc(-c5ccc6c(c5)oc5ccccc56)c4)cc3)cc2)cc1. The van der Waals surface area contributed by atoms with Crippen molar-refractivity contribution in [2.45, 2.75) is 0 Å². The van der Waals surface area contributed by atoms with Crippen molar-refractivity contribution in [3.8, 4) is 61.3 Å². The number of nitrogens with zero attached hydrogens (tertiary/aromatic N) is 2. The largest absolute Gasteiger partial charge is 0.456 e. The van der Waals surface area contributed by atoms with Crippen molar-refractivity contribution in [1.29, 1.82) is 0 Å². The summed E-state index contributed by atoms with van der Waals surface area (Å²) in [5.74, 6) is 0. The highest BCUT2D eigenvalue weighted by Crippen LogP contribution is 2.40. The quantitative estimate of drug-likeness (QED) is 0.144. The van der Waals surface area contributed by atoms with E-state index in [4.69, 9.17) is 4.42 Å². The number of rotatable bonds is 9. The zero-order valence-corrected chi connectivity index (χ0v) is 37.7. The molecule has 0 radical (unpaired) electrons. The predicted molar refractivity (Wildman–Crippen MR) is 290 cm³/mol. The minimum atomic E-state index is 0.888. The van der Waals surface area contributed by atoms with Gasteiger partial charge in [0.2, 0.25) is 0 Å². The Labute approximate surface area is 401 Å². The number of furan rings is 1. The third-order valence-corrected chi connectivity index (χ3v) is 13.6. The first-order valence-electron chi connectivity index (χ1n) is 23.6. The first-order valence-corrected chi connectivity index (χ1v) is 23.6. The molecular weight excluding hydrogens is 837 g/mol. The van der Waals surface area contributed by atoms with Crippen LogP contribution in [0.15, 0.2) is 271 Å². The Hall–Kier alpha value is -9.18. The summed E-state index contributed by atoms with van der Waals surface area (Å²) in [5.41, 5.74) is 20.3. The third-order valence-electron chi connectivity index (χ3n) is 13.6. The van der Waals surface area contributed by atoms with Crippen LogP contribution >= 0.6 is 0 Å². The van der Waals surface area contributed by atoms with Crippen molar-refractivity contribution in [3.05, 3.63) is 267 Å². The fourth-order valence-electron chi connectivity index (χ4n) is 10.2. The minimum Gasteiger partial charge on any atom is -0.456 e. The molecule has 2 heterocycles. The van der Waals surface area contributed by atoms with E-state index in [1.165, 1.54) is 60.8 Å². The molecule has 0 unspecified atom stereocenters. The van der Waals surface area contributed by atoms with E-state index < -0.39 is 0 Å². The first kappa shape index (κ1) is 40.1. The average Bonchev–Trinajstić information content (AvgIpc) is 3.97. The Morgan fingerprint density at radius 3 is 1.26 bits per heavy atom. The number of hydrogen-bond acceptors (Lipinski definition) is 2. The van der Waals surface area contributed by atoms with Gasteiger partial charge in [0.15, 0.2) is 0 Å². The fourth-order valence-corrected chi connectivity index (χ4v) is 10.2. The Kier molecular flexibility index (Phi) is 9.84. The van der Waals surface area contributed by atoms with Crippen molar-refractivity contribution in [3.63, 3.8) is 0 Å². The molecule has 0 saturated carbocycles. The predicted octanol–water partition coefficient (Wildman–Crippen LogP) is 18.5. The molecule has 0 N–H and O–H groups in total. The van der Waals surface area contributed by atoms with Gasteiger partial charge in [-0.15, -0.1) is 0 Å². The lowest BCUT2D eigenvalue weighted by molar-refractivity contribution is 0.669. The summed E-state index contributed by atoms with van der Waals surface area (Å²) in [5, 5.41) is 4.79. The first-order chi connectivity index (χ1) is 34.2. The second-order valence-electron chi connectivity index (χ2n) is 17.7. The standard InChI is InChI=1S/C66H44N2O/c1-2-12-45(13-3-1)46-24-26-47(27-25-46)48-28-35-55(36-29-48)67(58-17-11-16-53(43-58)54-34-41-62-61-20-6-9-23-65(61)69-66(62)44-54)56-37-30-49(31-38-56)51-14-10-15-52(42-51)50-32-39-57(40-33-50)68-63-21-7-4-18-59(63)60-19-5-8-22-64(60)68/h1-44H. The van der Waals surface area contributed by atoms with E-state index >= 15 is 0 Å². The average molecular weight is 881 g/mol. The molecule has 3 nitrogen and oxygen atoms in total. The molecule has 0 atom stereocenters. The van der Waals surface area contributed by atoms with Gasteiger partial charge in [-0.2, -0.15) is 0 Å². The van der Waals surface area contributed by atoms with Crippen LogP contribution in [0.3, 0.4) is 0 Å². The van der Waals surface area contributed by atoms with E-state index in [9.17, 15) is 0 Å². The maximum Gasteiger partial charge on any atom is 0.136 e. The van der Waals surface area contributed by atoms with Gasteiger partial charge in [-0.1, -0.05) is 182 Å². The normalized spacial score (nSPS) is 11.5. The van der Waals surface area contributed by atoms with Crippen molar-refractivity contribution in [1.82, 2.24) is 4.57 Å². The molecule has 13 aromatic rings. The Balaban J connectivity index is 0.830. The molecule has 0 aliphatic rings. The third kappa shape index (κ3) is 7.34. The summed E-state index contributed by atoms with van der Waals surface area (Å²) in [6, 6.07) is 96.1. The summed E-state index contributed by atoms with van der Waals surface area (Å²) in [6.45, 7) is 0. The Morgan fingerprint density at radius 1 is 0.246 bits per heavy atom. The van der Waals surface area contributed by atoms with Gasteiger partial charge >= 0.3 is 0 Å². The van der Waals surface area contributed by atoms with Crippen LogP contribution in [0.5, 0.6) is 0 Å². The van der Waals surface area contributed by atoms with Crippen molar-refractivity contribution in [2.24, 2.45) is 0 Å². The molecule has 0 amide bonds. The van der Waals surface area contributed by atoms with Crippen LogP contribution in [0.4, 0.5) is 17.1 Å². The van der Waals surface area contributed by atoms with Gasteiger partial charge in [0.25, 0.3) is 0 Å². The lowest BCUT2D eigenvalue weighted by atomic mass is 9.98. The van der Waals surface area contributed by atoms with Crippen LogP contribution in [0.2, 0.25) is 0 Å². The van der Waals surface area contributed by atoms with E-state index in [1.807, 2.05) is 12.1 Å². The highest BCUT2D eigenvalue weighted by Gasteiger charge is 2.17. The number of benzene rings is 11. The van der Waals surface area contributed by atoms with Gasteiger partial charge in [-0.05, 0) is 141 Å². The van der Waals surface area contributed by atoms with E-state index in [0.29, 0.717) is 0 Å². The summed E-state index contributed by atoms with van der Waals surface area (Å²) in [4.78, 5) is 2.35. The molecule has 11 aromatic carbocycles. The number of hydrogen-bond donors (Lipinski definition) is 0. The molecule has 13 rings (SSSR count). The van der Waals surface area contributed by atoms with Gasteiger partial charge in [0.1, 0.15) is 11.2 Å². The second kappa shape index (κ2) is 16.9. The van der Waals surface area contributed by atoms with Crippen LogP contribution in [0.1, 0.15) is 0 Å². The van der Waals surface area contributed by atoms with E-state index in [2.05, 4.69) is 264 Å². The maximum atomic E-state index is 6.32. The smallest absolute Gasteiger partial charge is 0.136 e. The highest BCUT2D eigenvalue weighted by atomic mass is 16.3. The molecule has 0 bridgehead atoms. The molecule has 0 aliphatic heterocycles. The van der Waals surface area contributed by atoms with Crippen molar-refractivity contribution >= 4 is 60.8 Å². The molecule has 324 valence electrons. The fraction of sp³-hybridized carbons (Fsp3) is 0. The number of aromatic nitrogens is 1. The van der Waals surface area contributed by atoms with Gasteiger partial charge in [-0.3, -0.25) is 0 Å².